The van der Waals surface area contributed by atoms with Crippen molar-refractivity contribution in [2.75, 3.05) is 5.32 Å². The van der Waals surface area contributed by atoms with Crippen molar-refractivity contribution in [2.45, 2.75) is 0 Å². The van der Waals surface area contributed by atoms with Gasteiger partial charge in [0.25, 0.3) is 0 Å². The number of nitrogens with zero attached hydrogens (tertiary/aromatic N) is 1. The number of benzene rings is 2. The molecule has 2 aromatic carbocycles. The summed E-state index contributed by atoms with van der Waals surface area (Å²) in [7, 11) is 0. The summed E-state index contributed by atoms with van der Waals surface area (Å²) >= 11 is 6.06. The highest BCUT2D eigenvalue weighted by atomic mass is 35.5. The second-order valence-electron chi connectivity index (χ2n) is 4.23. The predicted octanol–water partition coefficient (Wildman–Crippen LogP) is 3.66. The average Bonchev–Trinajstić information content (AvgIpc) is 2.82. The van der Waals surface area contributed by atoms with Crippen molar-refractivity contribution in [3.63, 3.8) is 0 Å². The van der Waals surface area contributed by atoms with Gasteiger partial charge in [-0.15, -0.1) is 0 Å². The van der Waals surface area contributed by atoms with E-state index in [0.717, 1.165) is 11.2 Å². The molecule has 5 nitrogen and oxygen atoms in total. The quantitative estimate of drug-likeness (QED) is 0.687. The molecule has 0 radical (unpaired) electrons. The van der Waals surface area contributed by atoms with Crippen molar-refractivity contribution in [1.82, 2.24) is 9.97 Å². The lowest BCUT2D eigenvalue weighted by atomic mass is 10.2. The van der Waals surface area contributed by atoms with Crippen LogP contribution in [0.25, 0.3) is 11.0 Å². The number of hydrogen-bond donors (Lipinski definition) is 3. The number of fused-ring (bicyclic) bond motifs is 1. The third-order valence-electron chi connectivity index (χ3n) is 2.86. The minimum Gasteiger partial charge on any atom is -0.478 e. The summed E-state index contributed by atoms with van der Waals surface area (Å²) in [5.74, 6) is -0.467. The zero-order valence-electron chi connectivity index (χ0n) is 10.2. The van der Waals surface area contributed by atoms with E-state index in [0.29, 0.717) is 16.5 Å². The van der Waals surface area contributed by atoms with Crippen LogP contribution >= 0.6 is 11.6 Å². The van der Waals surface area contributed by atoms with Crippen LogP contribution in [-0.2, 0) is 0 Å². The van der Waals surface area contributed by atoms with E-state index >= 15 is 0 Å². The summed E-state index contributed by atoms with van der Waals surface area (Å²) in [5, 5.41) is 12.6. The summed E-state index contributed by atoms with van der Waals surface area (Å²) in [6.45, 7) is 0. The van der Waals surface area contributed by atoms with E-state index in [2.05, 4.69) is 15.3 Å². The fraction of sp³-hybridized carbons (Fsp3) is 0. The zero-order valence-corrected chi connectivity index (χ0v) is 11.0. The second kappa shape index (κ2) is 4.86. The Morgan fingerprint density at radius 2 is 2.05 bits per heavy atom. The lowest BCUT2D eigenvalue weighted by Gasteiger charge is -2.03. The number of rotatable bonds is 3. The average molecular weight is 288 g/mol. The number of carboxylic acid groups (broad SMARTS) is 1. The summed E-state index contributed by atoms with van der Waals surface area (Å²) < 4.78 is 0. The fourth-order valence-electron chi connectivity index (χ4n) is 1.89. The van der Waals surface area contributed by atoms with E-state index in [1.54, 1.807) is 12.1 Å². The van der Waals surface area contributed by atoms with Gasteiger partial charge in [-0.25, -0.2) is 9.78 Å². The number of anilines is 2. The van der Waals surface area contributed by atoms with Gasteiger partial charge in [0.15, 0.2) is 0 Å². The third-order valence-corrected chi connectivity index (χ3v) is 3.19. The number of aromatic nitrogens is 2. The van der Waals surface area contributed by atoms with Crippen molar-refractivity contribution in [3.05, 3.63) is 53.1 Å². The molecule has 6 heteroatoms. The number of halogens is 1. The molecule has 0 saturated heterocycles. The highest BCUT2D eigenvalue weighted by molar-refractivity contribution is 6.33. The molecule has 3 aromatic rings. The van der Waals surface area contributed by atoms with Crippen LogP contribution < -0.4 is 5.32 Å². The standard InChI is InChI=1S/C14H10ClN3O2/c15-9-3-1-2-4-10(9)16-14-17-11-6-5-8(13(19)20)7-12(11)18-14/h1-7H,(H,19,20)(H2,16,17,18). The normalized spacial score (nSPS) is 10.7. The molecule has 0 bridgehead atoms. The van der Waals surface area contributed by atoms with Crippen LogP contribution in [0, 0.1) is 0 Å². The smallest absolute Gasteiger partial charge is 0.335 e. The fourth-order valence-corrected chi connectivity index (χ4v) is 2.07. The molecule has 0 fully saturated rings. The SMILES string of the molecule is O=C(O)c1ccc2[nH]c(Nc3ccccc3Cl)nc2c1. The van der Waals surface area contributed by atoms with Gasteiger partial charge in [-0.2, -0.15) is 0 Å². The first-order chi connectivity index (χ1) is 9.63. The van der Waals surface area contributed by atoms with E-state index < -0.39 is 5.97 Å². The minimum absolute atomic E-state index is 0.202. The Balaban J connectivity index is 1.97. The highest BCUT2D eigenvalue weighted by Gasteiger charge is 2.08. The molecule has 0 unspecified atom stereocenters. The summed E-state index contributed by atoms with van der Waals surface area (Å²) in [6, 6.07) is 12.0. The van der Waals surface area contributed by atoms with E-state index in [4.69, 9.17) is 16.7 Å². The van der Waals surface area contributed by atoms with Crippen LogP contribution in [0.3, 0.4) is 0 Å². The van der Waals surface area contributed by atoms with Crippen molar-refractivity contribution in [2.24, 2.45) is 0 Å². The number of aromatic amines is 1. The first kappa shape index (κ1) is 12.5. The van der Waals surface area contributed by atoms with Gasteiger partial charge in [0, 0.05) is 0 Å². The van der Waals surface area contributed by atoms with Crippen molar-refractivity contribution in [3.8, 4) is 0 Å². The van der Waals surface area contributed by atoms with E-state index in [9.17, 15) is 4.79 Å². The van der Waals surface area contributed by atoms with Gasteiger partial charge in [0.1, 0.15) is 0 Å². The van der Waals surface area contributed by atoms with Crippen LogP contribution in [0.2, 0.25) is 5.02 Å². The van der Waals surface area contributed by atoms with Crippen molar-refractivity contribution < 1.29 is 9.90 Å². The van der Waals surface area contributed by atoms with Crippen molar-refractivity contribution in [1.29, 1.82) is 0 Å². The first-order valence-electron chi connectivity index (χ1n) is 5.88. The topological polar surface area (TPSA) is 78.0 Å². The summed E-state index contributed by atoms with van der Waals surface area (Å²) in [5.41, 5.74) is 2.27. The Hall–Kier alpha value is -2.53. The molecular weight excluding hydrogens is 278 g/mol. The summed E-state index contributed by atoms with van der Waals surface area (Å²) in [6.07, 6.45) is 0. The Bertz CT molecular complexity index is 798. The Labute approximate surface area is 119 Å². The number of nitrogens with one attached hydrogen (secondary N) is 2. The molecule has 0 amide bonds. The Kier molecular flexibility index (Phi) is 3.04. The van der Waals surface area contributed by atoms with Gasteiger partial charge in [-0.3, -0.25) is 0 Å². The van der Waals surface area contributed by atoms with Gasteiger partial charge in [0.05, 0.1) is 27.3 Å². The first-order valence-corrected chi connectivity index (χ1v) is 6.26. The number of para-hydroxylation sites is 1. The maximum absolute atomic E-state index is 10.9. The van der Waals surface area contributed by atoms with Gasteiger partial charge >= 0.3 is 5.97 Å². The number of imidazole rings is 1. The predicted molar refractivity (Wildman–Crippen MR) is 77.8 cm³/mol. The van der Waals surface area contributed by atoms with Crippen molar-refractivity contribution >= 4 is 40.2 Å². The van der Waals surface area contributed by atoms with Gasteiger partial charge in [-0.05, 0) is 30.3 Å². The van der Waals surface area contributed by atoms with Gasteiger partial charge in [-0.1, -0.05) is 23.7 Å². The molecule has 0 spiro atoms. The highest BCUT2D eigenvalue weighted by Crippen LogP contribution is 2.25. The Morgan fingerprint density at radius 1 is 1.25 bits per heavy atom. The van der Waals surface area contributed by atoms with E-state index in [1.165, 1.54) is 12.1 Å². The van der Waals surface area contributed by atoms with Crippen LogP contribution in [-0.4, -0.2) is 21.0 Å². The molecular formula is C14H10ClN3O2. The van der Waals surface area contributed by atoms with Gasteiger partial charge < -0.3 is 15.4 Å². The van der Waals surface area contributed by atoms with Crippen LogP contribution in [0.15, 0.2) is 42.5 Å². The number of carbonyl (C=O) groups is 1. The molecule has 20 heavy (non-hydrogen) atoms. The van der Waals surface area contributed by atoms with Crippen LogP contribution in [0.5, 0.6) is 0 Å². The minimum atomic E-state index is -0.976. The molecule has 100 valence electrons. The molecule has 0 aliphatic rings. The molecule has 3 N–H and O–H groups in total. The molecule has 3 rings (SSSR count). The van der Waals surface area contributed by atoms with Gasteiger partial charge in [0.2, 0.25) is 5.95 Å². The second-order valence-corrected chi connectivity index (χ2v) is 4.63. The number of hydrogen-bond acceptors (Lipinski definition) is 3. The van der Waals surface area contributed by atoms with E-state index in [1.807, 2.05) is 18.2 Å². The lowest BCUT2D eigenvalue weighted by Crippen LogP contribution is -1.94. The molecule has 0 aliphatic heterocycles. The third kappa shape index (κ3) is 2.31. The number of carboxylic acids is 1. The maximum Gasteiger partial charge on any atom is 0.335 e. The number of H-pyrrole nitrogens is 1. The Morgan fingerprint density at radius 3 is 2.80 bits per heavy atom. The molecule has 1 heterocycles. The molecule has 0 saturated carbocycles. The number of aromatic carboxylic acids is 1. The zero-order chi connectivity index (χ0) is 14.1. The molecule has 0 aliphatic carbocycles. The maximum atomic E-state index is 10.9. The monoisotopic (exact) mass is 287 g/mol. The lowest BCUT2D eigenvalue weighted by molar-refractivity contribution is 0.0697. The summed E-state index contributed by atoms with van der Waals surface area (Å²) in [4.78, 5) is 18.3. The van der Waals surface area contributed by atoms with Crippen LogP contribution in [0.4, 0.5) is 11.6 Å². The van der Waals surface area contributed by atoms with Crippen LogP contribution in [0.1, 0.15) is 10.4 Å². The van der Waals surface area contributed by atoms with E-state index in [-0.39, 0.29) is 5.56 Å². The molecule has 1 aromatic heterocycles. The molecule has 0 atom stereocenters. The largest absolute Gasteiger partial charge is 0.478 e.